The Balaban J connectivity index is 1.67. The number of amides is 1. The zero-order valence-corrected chi connectivity index (χ0v) is 13.1. The van der Waals surface area contributed by atoms with E-state index in [1.54, 1.807) is 30.3 Å². The topological polar surface area (TPSA) is 66.9 Å². The number of nitrogens with zero attached hydrogens (tertiary/aromatic N) is 2. The zero-order valence-electron chi connectivity index (χ0n) is 12.3. The Hall–Kier alpha value is -2.99. The number of hydrogen-bond acceptors (Lipinski definition) is 4. The molecule has 0 aliphatic rings. The fourth-order valence-electron chi connectivity index (χ4n) is 1.95. The number of benzene rings is 2. The normalized spacial score (nSPS) is 10.2. The summed E-state index contributed by atoms with van der Waals surface area (Å²) in [4.78, 5) is 20.3. The van der Waals surface area contributed by atoms with Gasteiger partial charge in [-0.2, -0.15) is 0 Å². The lowest BCUT2D eigenvalue weighted by Gasteiger charge is -2.07. The molecular weight excluding hydrogens is 331 g/mol. The van der Waals surface area contributed by atoms with E-state index in [0.29, 0.717) is 16.5 Å². The lowest BCUT2D eigenvalue weighted by Crippen LogP contribution is -2.14. The number of carbonyl (C=O) groups is 1. The third-order valence-electron chi connectivity index (χ3n) is 3.08. The van der Waals surface area contributed by atoms with Gasteiger partial charge in [0.15, 0.2) is 0 Å². The molecule has 1 heterocycles. The van der Waals surface area contributed by atoms with Crippen molar-refractivity contribution in [3.63, 3.8) is 0 Å². The summed E-state index contributed by atoms with van der Waals surface area (Å²) < 4.78 is 13.1. The number of carbonyl (C=O) groups excluding carboxylic acids is 1. The highest BCUT2D eigenvalue weighted by Crippen LogP contribution is 2.17. The lowest BCUT2D eigenvalue weighted by molar-refractivity contribution is 0.102. The minimum Gasteiger partial charge on any atom is -0.339 e. The molecular formula is C17H12ClFN4O. The maximum Gasteiger partial charge on any atom is 0.275 e. The van der Waals surface area contributed by atoms with Crippen molar-refractivity contribution in [3.05, 3.63) is 77.5 Å². The summed E-state index contributed by atoms with van der Waals surface area (Å²) in [5.74, 6) is -0.410. The summed E-state index contributed by atoms with van der Waals surface area (Å²) in [5.41, 5.74) is 1.27. The molecule has 0 aliphatic carbocycles. The molecule has 0 fully saturated rings. The van der Waals surface area contributed by atoms with Crippen LogP contribution in [0, 0.1) is 5.82 Å². The quantitative estimate of drug-likeness (QED) is 0.743. The maximum atomic E-state index is 13.1. The molecule has 1 aromatic heterocycles. The van der Waals surface area contributed by atoms with Gasteiger partial charge in [-0.05, 0) is 42.5 Å². The predicted molar refractivity (Wildman–Crippen MR) is 91.1 cm³/mol. The molecule has 24 heavy (non-hydrogen) atoms. The molecule has 0 bridgehead atoms. The summed E-state index contributed by atoms with van der Waals surface area (Å²) in [6.45, 7) is 0. The number of nitrogens with one attached hydrogen (secondary N) is 2. The molecule has 1 amide bonds. The van der Waals surface area contributed by atoms with Crippen LogP contribution in [0.25, 0.3) is 0 Å². The summed E-state index contributed by atoms with van der Waals surface area (Å²) >= 11 is 5.82. The molecule has 7 heteroatoms. The van der Waals surface area contributed by atoms with Crippen LogP contribution in [0.5, 0.6) is 0 Å². The molecule has 0 atom stereocenters. The molecule has 0 unspecified atom stereocenters. The van der Waals surface area contributed by atoms with Crippen molar-refractivity contribution in [2.45, 2.75) is 0 Å². The van der Waals surface area contributed by atoms with Crippen molar-refractivity contribution in [3.8, 4) is 0 Å². The fraction of sp³-hybridized carbons (Fsp3) is 0. The van der Waals surface area contributed by atoms with Gasteiger partial charge >= 0.3 is 0 Å². The number of aromatic nitrogens is 2. The van der Waals surface area contributed by atoms with Gasteiger partial charge in [0.1, 0.15) is 17.3 Å². The first-order valence-corrected chi connectivity index (χ1v) is 7.39. The summed E-state index contributed by atoms with van der Waals surface area (Å²) in [6, 6.07) is 12.7. The van der Waals surface area contributed by atoms with Gasteiger partial charge < -0.3 is 10.6 Å². The van der Waals surface area contributed by atoms with E-state index in [0.717, 1.165) is 5.69 Å². The highest BCUT2D eigenvalue weighted by molar-refractivity contribution is 6.30. The van der Waals surface area contributed by atoms with Gasteiger partial charge in [-0.25, -0.2) is 14.4 Å². The second kappa shape index (κ2) is 7.06. The SMILES string of the molecule is O=C(Nc1cccc(F)c1)c1cnc(Nc2ccc(Cl)cc2)cn1. The van der Waals surface area contributed by atoms with Gasteiger partial charge in [-0.3, -0.25) is 4.79 Å². The predicted octanol–water partition coefficient (Wildman–Crippen LogP) is 4.27. The Morgan fingerprint density at radius 1 is 1.00 bits per heavy atom. The first-order chi connectivity index (χ1) is 11.6. The molecule has 0 saturated heterocycles. The van der Waals surface area contributed by atoms with Gasteiger partial charge in [-0.15, -0.1) is 0 Å². The van der Waals surface area contributed by atoms with E-state index in [4.69, 9.17) is 11.6 Å². The summed E-state index contributed by atoms with van der Waals surface area (Å²) in [6.07, 6.45) is 2.78. The highest BCUT2D eigenvalue weighted by Gasteiger charge is 2.09. The second-order valence-corrected chi connectivity index (χ2v) is 5.32. The molecule has 3 rings (SSSR count). The van der Waals surface area contributed by atoms with E-state index < -0.39 is 11.7 Å². The number of anilines is 3. The van der Waals surface area contributed by atoms with Crippen LogP contribution in [0.3, 0.4) is 0 Å². The molecule has 2 N–H and O–H groups in total. The van der Waals surface area contributed by atoms with Crippen molar-refractivity contribution >= 4 is 34.7 Å². The number of halogens is 2. The number of rotatable bonds is 4. The summed E-state index contributed by atoms with van der Waals surface area (Å²) in [5, 5.41) is 6.23. The van der Waals surface area contributed by atoms with Crippen molar-refractivity contribution < 1.29 is 9.18 Å². The summed E-state index contributed by atoms with van der Waals surface area (Å²) in [7, 11) is 0. The van der Waals surface area contributed by atoms with Crippen LogP contribution < -0.4 is 10.6 Å². The van der Waals surface area contributed by atoms with Crippen LogP contribution in [-0.2, 0) is 0 Å². The van der Waals surface area contributed by atoms with Crippen LogP contribution in [0.2, 0.25) is 5.02 Å². The molecule has 0 radical (unpaired) electrons. The average molecular weight is 343 g/mol. The van der Waals surface area contributed by atoms with E-state index in [1.807, 2.05) is 0 Å². The molecule has 5 nitrogen and oxygen atoms in total. The largest absolute Gasteiger partial charge is 0.339 e. The highest BCUT2D eigenvalue weighted by atomic mass is 35.5. The minimum atomic E-state index is -0.467. The first-order valence-electron chi connectivity index (χ1n) is 7.02. The van der Waals surface area contributed by atoms with Crippen molar-refractivity contribution in [2.24, 2.45) is 0 Å². The van der Waals surface area contributed by atoms with Crippen LogP contribution >= 0.6 is 11.6 Å². The van der Waals surface area contributed by atoms with E-state index in [2.05, 4.69) is 20.6 Å². The van der Waals surface area contributed by atoms with Gasteiger partial charge in [0, 0.05) is 16.4 Å². The van der Waals surface area contributed by atoms with Gasteiger partial charge in [0.2, 0.25) is 0 Å². The molecule has 0 spiro atoms. The van der Waals surface area contributed by atoms with Crippen LogP contribution in [0.1, 0.15) is 10.5 Å². The minimum absolute atomic E-state index is 0.126. The molecule has 3 aromatic rings. The molecule has 2 aromatic carbocycles. The van der Waals surface area contributed by atoms with E-state index in [-0.39, 0.29) is 5.69 Å². The Kier molecular flexibility index (Phi) is 4.67. The van der Waals surface area contributed by atoms with E-state index >= 15 is 0 Å². The van der Waals surface area contributed by atoms with E-state index in [1.165, 1.54) is 30.6 Å². The van der Waals surface area contributed by atoms with E-state index in [9.17, 15) is 9.18 Å². The lowest BCUT2D eigenvalue weighted by atomic mass is 10.3. The fourth-order valence-corrected chi connectivity index (χ4v) is 2.08. The van der Waals surface area contributed by atoms with Gasteiger partial charge in [-0.1, -0.05) is 17.7 Å². The molecule has 0 aliphatic heterocycles. The average Bonchev–Trinajstić information content (AvgIpc) is 2.57. The Morgan fingerprint density at radius 3 is 2.46 bits per heavy atom. The monoisotopic (exact) mass is 342 g/mol. The number of hydrogen-bond donors (Lipinski definition) is 2. The van der Waals surface area contributed by atoms with Crippen LogP contribution in [0.4, 0.5) is 21.6 Å². The van der Waals surface area contributed by atoms with Gasteiger partial charge in [0.05, 0.1) is 12.4 Å². The Bertz CT molecular complexity index is 853. The second-order valence-electron chi connectivity index (χ2n) is 4.88. The third-order valence-corrected chi connectivity index (χ3v) is 3.34. The van der Waals surface area contributed by atoms with Crippen LogP contribution in [-0.4, -0.2) is 15.9 Å². The van der Waals surface area contributed by atoms with Crippen molar-refractivity contribution in [1.82, 2.24) is 9.97 Å². The van der Waals surface area contributed by atoms with Crippen molar-refractivity contribution in [1.29, 1.82) is 0 Å². The Morgan fingerprint density at radius 2 is 1.79 bits per heavy atom. The zero-order chi connectivity index (χ0) is 16.9. The smallest absolute Gasteiger partial charge is 0.275 e. The maximum absolute atomic E-state index is 13.1. The third kappa shape index (κ3) is 4.05. The standard InChI is InChI=1S/C17H12ClFN4O/c18-11-4-6-13(7-5-11)22-16-10-20-15(9-21-16)17(24)23-14-3-1-2-12(19)8-14/h1-10H,(H,21,22)(H,23,24). The van der Waals surface area contributed by atoms with Crippen LogP contribution in [0.15, 0.2) is 60.9 Å². The molecule has 120 valence electrons. The van der Waals surface area contributed by atoms with Crippen molar-refractivity contribution in [2.75, 3.05) is 10.6 Å². The van der Waals surface area contributed by atoms with Gasteiger partial charge in [0.25, 0.3) is 5.91 Å². The Labute approximate surface area is 142 Å². The molecule has 0 saturated carbocycles. The first kappa shape index (κ1) is 15.9.